The topological polar surface area (TPSA) is 91.1 Å². The molecule has 0 aromatic carbocycles. The summed E-state index contributed by atoms with van der Waals surface area (Å²) in [5.74, 6) is 1.74. The minimum atomic E-state index is 0.00397. The minimum Gasteiger partial charge on any atom is -0.368 e. The molecular weight excluding hydrogens is 292 g/mol. The third kappa shape index (κ3) is 2.23. The Labute approximate surface area is 134 Å². The fourth-order valence-corrected chi connectivity index (χ4v) is 3.89. The normalized spacial score (nSPS) is 24.0. The first-order valence-corrected chi connectivity index (χ1v) is 7.96. The summed E-state index contributed by atoms with van der Waals surface area (Å²) in [6, 6.07) is 2.26. The van der Waals surface area contributed by atoms with E-state index >= 15 is 0 Å². The summed E-state index contributed by atoms with van der Waals surface area (Å²) >= 11 is 0. The maximum atomic E-state index is 12.0. The maximum Gasteiger partial charge on any atom is 0.246 e. The van der Waals surface area contributed by atoms with Crippen LogP contribution >= 0.6 is 0 Å². The average molecular weight is 312 g/mol. The second kappa shape index (κ2) is 5.26. The highest BCUT2D eigenvalue weighted by atomic mass is 16.2. The van der Waals surface area contributed by atoms with E-state index in [0.717, 1.165) is 42.8 Å². The fourth-order valence-electron chi connectivity index (χ4n) is 3.89. The van der Waals surface area contributed by atoms with Gasteiger partial charge in [-0.25, -0.2) is 0 Å². The number of aromatic nitrogens is 3. The van der Waals surface area contributed by atoms with E-state index in [0.29, 0.717) is 12.5 Å². The van der Waals surface area contributed by atoms with Gasteiger partial charge in [-0.3, -0.25) is 4.79 Å². The maximum absolute atomic E-state index is 12.0. The van der Waals surface area contributed by atoms with Crippen LogP contribution in [0.25, 0.3) is 11.0 Å². The molecule has 0 aliphatic carbocycles. The number of nitrogens with two attached hydrogens (primary N) is 1. The number of carbonyl (C=O) groups is 1. The van der Waals surface area contributed by atoms with Gasteiger partial charge in [0.2, 0.25) is 11.9 Å². The minimum absolute atomic E-state index is 0.00397. The Balaban J connectivity index is 1.69. The molecule has 7 nitrogen and oxygen atoms in total. The van der Waals surface area contributed by atoms with Crippen LogP contribution in [0.5, 0.6) is 0 Å². The number of nitrogen functional groups attached to an aromatic ring is 1. The van der Waals surface area contributed by atoms with Crippen LogP contribution in [-0.4, -0.2) is 51.4 Å². The van der Waals surface area contributed by atoms with Crippen molar-refractivity contribution in [1.29, 1.82) is 0 Å². The predicted octanol–water partition coefficient (Wildman–Crippen LogP) is 1.15. The van der Waals surface area contributed by atoms with Gasteiger partial charge in [0.25, 0.3) is 0 Å². The van der Waals surface area contributed by atoms with Gasteiger partial charge < -0.3 is 20.5 Å². The van der Waals surface area contributed by atoms with Gasteiger partial charge in [0, 0.05) is 25.8 Å². The van der Waals surface area contributed by atoms with Gasteiger partial charge >= 0.3 is 0 Å². The summed E-state index contributed by atoms with van der Waals surface area (Å²) in [7, 11) is 0. The van der Waals surface area contributed by atoms with E-state index in [9.17, 15) is 4.79 Å². The van der Waals surface area contributed by atoms with E-state index in [1.54, 1.807) is 0 Å². The van der Waals surface area contributed by atoms with Crippen LogP contribution in [-0.2, 0) is 4.79 Å². The third-order valence-electron chi connectivity index (χ3n) is 5.03. The molecule has 2 saturated heterocycles. The van der Waals surface area contributed by atoms with Crippen LogP contribution in [0.4, 0.5) is 11.8 Å². The zero-order chi connectivity index (χ0) is 16.0. The van der Waals surface area contributed by atoms with Crippen molar-refractivity contribution in [3.63, 3.8) is 0 Å². The molecule has 0 spiro atoms. The molecule has 0 radical (unpaired) electrons. The number of piperidine rings is 1. The predicted molar refractivity (Wildman–Crippen MR) is 88.9 cm³/mol. The Bertz CT molecular complexity index is 769. The van der Waals surface area contributed by atoms with Crippen LogP contribution in [0.2, 0.25) is 0 Å². The molecule has 4 heterocycles. The van der Waals surface area contributed by atoms with Crippen molar-refractivity contribution in [1.82, 2.24) is 19.9 Å². The van der Waals surface area contributed by atoms with Crippen molar-refractivity contribution in [2.24, 2.45) is 5.92 Å². The standard InChI is InChI=1S/C16H20N6O/c1-2-13(23)21-7-4-10-5-8-22(12(10)9-21)15-11-3-6-18-14(11)19-16(17)20-15/h2-3,6,10,12H,1,4-5,7-9H2,(H3,17,18,19,20)/t10-,12+/m0/s1. The number of hydrogen-bond acceptors (Lipinski definition) is 5. The molecular formula is C16H20N6O. The van der Waals surface area contributed by atoms with Crippen LogP contribution in [0.15, 0.2) is 24.9 Å². The molecule has 0 unspecified atom stereocenters. The number of rotatable bonds is 2. The molecule has 3 N–H and O–H groups in total. The highest BCUT2D eigenvalue weighted by Gasteiger charge is 2.40. The van der Waals surface area contributed by atoms with E-state index in [4.69, 9.17) is 5.73 Å². The summed E-state index contributed by atoms with van der Waals surface area (Å²) in [5.41, 5.74) is 6.63. The lowest BCUT2D eigenvalue weighted by Crippen LogP contribution is -2.50. The molecule has 7 heteroatoms. The van der Waals surface area contributed by atoms with Gasteiger partial charge in [-0.15, -0.1) is 0 Å². The number of aromatic amines is 1. The molecule has 1 amide bonds. The van der Waals surface area contributed by atoms with Crippen LogP contribution in [0, 0.1) is 5.92 Å². The number of carbonyl (C=O) groups excluding carboxylic acids is 1. The first-order valence-electron chi connectivity index (χ1n) is 7.96. The number of nitrogens with one attached hydrogen (secondary N) is 1. The van der Waals surface area contributed by atoms with Crippen LogP contribution < -0.4 is 10.6 Å². The van der Waals surface area contributed by atoms with Crippen molar-refractivity contribution in [2.45, 2.75) is 18.9 Å². The summed E-state index contributed by atoms with van der Waals surface area (Å²) in [5, 5.41) is 0.979. The van der Waals surface area contributed by atoms with Crippen LogP contribution in [0.1, 0.15) is 12.8 Å². The van der Waals surface area contributed by atoms with Crippen molar-refractivity contribution < 1.29 is 4.79 Å². The average Bonchev–Trinajstić information content (AvgIpc) is 3.18. The second-order valence-electron chi connectivity index (χ2n) is 6.23. The molecule has 4 rings (SSSR count). The van der Waals surface area contributed by atoms with Gasteiger partial charge in [0.1, 0.15) is 11.5 Å². The highest BCUT2D eigenvalue weighted by Crippen LogP contribution is 2.37. The first-order chi connectivity index (χ1) is 11.2. The van der Waals surface area contributed by atoms with Crippen molar-refractivity contribution in [3.05, 3.63) is 24.9 Å². The lowest BCUT2D eigenvalue weighted by atomic mass is 9.92. The van der Waals surface area contributed by atoms with Gasteiger partial charge in [-0.2, -0.15) is 9.97 Å². The number of hydrogen-bond donors (Lipinski definition) is 2. The molecule has 2 aromatic heterocycles. The zero-order valence-corrected chi connectivity index (χ0v) is 12.9. The van der Waals surface area contributed by atoms with E-state index < -0.39 is 0 Å². The number of anilines is 2. The molecule has 2 aliphatic heterocycles. The monoisotopic (exact) mass is 312 g/mol. The van der Waals surface area contributed by atoms with E-state index in [1.807, 2.05) is 17.2 Å². The zero-order valence-electron chi connectivity index (χ0n) is 12.9. The Morgan fingerprint density at radius 1 is 1.39 bits per heavy atom. The van der Waals surface area contributed by atoms with Gasteiger partial charge in [-0.1, -0.05) is 6.58 Å². The molecule has 120 valence electrons. The van der Waals surface area contributed by atoms with E-state index in [1.165, 1.54) is 6.08 Å². The lowest BCUT2D eigenvalue weighted by molar-refractivity contribution is -0.127. The van der Waals surface area contributed by atoms with Crippen LogP contribution in [0.3, 0.4) is 0 Å². The molecule has 2 aliphatic rings. The number of fused-ring (bicyclic) bond motifs is 2. The summed E-state index contributed by atoms with van der Waals surface area (Å²) in [4.78, 5) is 28.0. The Kier molecular flexibility index (Phi) is 3.21. The third-order valence-corrected chi connectivity index (χ3v) is 5.03. The smallest absolute Gasteiger partial charge is 0.246 e. The van der Waals surface area contributed by atoms with Gasteiger partial charge in [0.15, 0.2) is 0 Å². The number of H-pyrrole nitrogens is 1. The molecule has 2 aromatic rings. The number of likely N-dealkylation sites (tertiary alicyclic amines) is 1. The molecule has 23 heavy (non-hydrogen) atoms. The number of nitrogens with zero attached hydrogens (tertiary/aromatic N) is 4. The van der Waals surface area contributed by atoms with E-state index in [2.05, 4.69) is 26.4 Å². The van der Waals surface area contributed by atoms with Gasteiger partial charge in [0.05, 0.1) is 11.4 Å². The van der Waals surface area contributed by atoms with Gasteiger partial charge in [-0.05, 0) is 30.9 Å². The molecule has 2 fully saturated rings. The number of amides is 1. The first kappa shape index (κ1) is 14.0. The second-order valence-corrected chi connectivity index (χ2v) is 6.23. The largest absolute Gasteiger partial charge is 0.368 e. The fraction of sp³-hybridized carbons (Fsp3) is 0.438. The summed E-state index contributed by atoms with van der Waals surface area (Å²) < 4.78 is 0. The SMILES string of the molecule is C=CC(=O)N1CC[C@H]2CCN(c3nc(N)nc4[nH]ccc34)[C@@H]2C1. The Hall–Kier alpha value is -2.57. The van der Waals surface area contributed by atoms with Crippen molar-refractivity contribution in [2.75, 3.05) is 30.3 Å². The van der Waals surface area contributed by atoms with E-state index in [-0.39, 0.29) is 17.9 Å². The summed E-state index contributed by atoms with van der Waals surface area (Å²) in [6.07, 6.45) is 5.39. The van der Waals surface area contributed by atoms with Crippen molar-refractivity contribution in [3.8, 4) is 0 Å². The highest BCUT2D eigenvalue weighted by molar-refractivity contribution is 5.89. The molecule has 0 saturated carbocycles. The Morgan fingerprint density at radius 2 is 2.22 bits per heavy atom. The lowest BCUT2D eigenvalue weighted by Gasteiger charge is -2.38. The molecule has 0 bridgehead atoms. The van der Waals surface area contributed by atoms with Crippen molar-refractivity contribution >= 4 is 28.7 Å². The Morgan fingerprint density at radius 3 is 3.04 bits per heavy atom. The quantitative estimate of drug-likeness (QED) is 0.812. The molecule has 2 atom stereocenters. The summed E-state index contributed by atoms with van der Waals surface area (Å²) in [6.45, 7) is 6.06.